The first-order valence-electron chi connectivity index (χ1n) is 7.30. The van der Waals surface area contributed by atoms with Gasteiger partial charge < -0.3 is 10.2 Å². The Morgan fingerprint density at radius 3 is 2.48 bits per heavy atom. The van der Waals surface area contributed by atoms with Crippen molar-refractivity contribution in [2.45, 2.75) is 6.54 Å². The number of H-pyrrole nitrogens is 1. The Morgan fingerprint density at radius 1 is 1.13 bits per heavy atom. The molecular formula is C17H18N4O2. The third-order valence-corrected chi connectivity index (χ3v) is 3.69. The zero-order valence-electron chi connectivity index (χ0n) is 13.0. The van der Waals surface area contributed by atoms with Gasteiger partial charge in [0.2, 0.25) is 0 Å². The Balaban J connectivity index is 1.73. The number of benzene rings is 2. The van der Waals surface area contributed by atoms with Crippen molar-refractivity contribution in [3.05, 3.63) is 64.4 Å². The molecule has 1 heterocycles. The number of fused-ring (bicyclic) bond motifs is 1. The summed E-state index contributed by atoms with van der Waals surface area (Å²) in [6, 6.07) is 14.4. The van der Waals surface area contributed by atoms with Crippen LogP contribution in [0.1, 0.15) is 5.56 Å². The Morgan fingerprint density at radius 2 is 1.83 bits per heavy atom. The van der Waals surface area contributed by atoms with Crippen molar-refractivity contribution in [2.24, 2.45) is 0 Å². The van der Waals surface area contributed by atoms with Gasteiger partial charge in [0.05, 0.1) is 10.9 Å². The lowest BCUT2D eigenvalue weighted by Gasteiger charge is -2.12. The van der Waals surface area contributed by atoms with Crippen LogP contribution in [0.3, 0.4) is 0 Å². The summed E-state index contributed by atoms with van der Waals surface area (Å²) >= 11 is 0. The van der Waals surface area contributed by atoms with E-state index in [1.165, 1.54) is 0 Å². The highest BCUT2D eigenvalue weighted by molar-refractivity contribution is 5.84. The van der Waals surface area contributed by atoms with Crippen LogP contribution in [0.15, 0.2) is 53.3 Å². The molecule has 6 heteroatoms. The van der Waals surface area contributed by atoms with E-state index in [9.17, 15) is 9.59 Å². The molecule has 0 unspecified atom stereocenters. The molecule has 3 aromatic rings. The molecule has 0 atom stereocenters. The highest BCUT2D eigenvalue weighted by Crippen LogP contribution is 2.12. The SMILES string of the molecule is CN(C)c1ccc(CNC(=O)n2[nH]c3ccccc3c2=O)cc1. The van der Waals surface area contributed by atoms with Gasteiger partial charge in [0.1, 0.15) is 0 Å². The molecule has 0 bridgehead atoms. The average Bonchev–Trinajstić information content (AvgIpc) is 2.90. The summed E-state index contributed by atoms with van der Waals surface area (Å²) in [6.45, 7) is 0.356. The molecule has 0 saturated heterocycles. The molecule has 3 rings (SSSR count). The number of hydrogen-bond donors (Lipinski definition) is 2. The van der Waals surface area contributed by atoms with E-state index in [2.05, 4.69) is 10.4 Å². The van der Waals surface area contributed by atoms with Gasteiger partial charge in [-0.1, -0.05) is 24.3 Å². The van der Waals surface area contributed by atoms with Gasteiger partial charge in [0.15, 0.2) is 0 Å². The largest absolute Gasteiger partial charge is 0.378 e. The van der Waals surface area contributed by atoms with E-state index in [-0.39, 0.29) is 5.56 Å². The zero-order chi connectivity index (χ0) is 16.4. The van der Waals surface area contributed by atoms with E-state index in [1.54, 1.807) is 18.2 Å². The molecular weight excluding hydrogens is 292 g/mol. The molecule has 1 amide bonds. The molecule has 0 saturated carbocycles. The van der Waals surface area contributed by atoms with Crippen molar-refractivity contribution in [3.63, 3.8) is 0 Å². The van der Waals surface area contributed by atoms with Gasteiger partial charge in [-0.15, -0.1) is 0 Å². The van der Waals surface area contributed by atoms with Gasteiger partial charge in [-0.2, -0.15) is 4.68 Å². The standard InChI is InChI=1S/C17H18N4O2/c1-20(2)13-9-7-12(8-10-13)11-18-17(23)21-16(22)14-5-3-4-6-15(14)19-21/h3-10,19H,11H2,1-2H3,(H,18,23). The van der Waals surface area contributed by atoms with Gasteiger partial charge in [-0.25, -0.2) is 4.79 Å². The highest BCUT2D eigenvalue weighted by Gasteiger charge is 2.12. The number of anilines is 1. The second-order valence-electron chi connectivity index (χ2n) is 5.52. The maximum atomic E-state index is 12.2. The number of rotatable bonds is 3. The van der Waals surface area contributed by atoms with Crippen molar-refractivity contribution in [1.82, 2.24) is 15.1 Å². The number of carbonyl (C=O) groups is 1. The minimum absolute atomic E-state index is 0.346. The van der Waals surface area contributed by atoms with Crippen LogP contribution in [-0.4, -0.2) is 29.9 Å². The Labute approximate surface area is 133 Å². The predicted molar refractivity (Wildman–Crippen MR) is 91.0 cm³/mol. The second-order valence-corrected chi connectivity index (χ2v) is 5.52. The van der Waals surface area contributed by atoms with Gasteiger partial charge in [-0.05, 0) is 29.8 Å². The first-order chi connectivity index (χ1) is 11.1. The molecule has 2 aromatic carbocycles. The van der Waals surface area contributed by atoms with Crippen LogP contribution in [0, 0.1) is 0 Å². The zero-order valence-corrected chi connectivity index (χ0v) is 13.0. The predicted octanol–water partition coefficient (Wildman–Crippen LogP) is 2.15. The minimum Gasteiger partial charge on any atom is -0.378 e. The molecule has 2 N–H and O–H groups in total. The maximum Gasteiger partial charge on any atom is 0.343 e. The van der Waals surface area contributed by atoms with Gasteiger partial charge in [0, 0.05) is 26.3 Å². The topological polar surface area (TPSA) is 70.1 Å². The van der Waals surface area contributed by atoms with Crippen LogP contribution in [0.5, 0.6) is 0 Å². The molecule has 0 radical (unpaired) electrons. The van der Waals surface area contributed by atoms with Crippen molar-refractivity contribution >= 4 is 22.6 Å². The molecule has 1 aromatic heterocycles. The van der Waals surface area contributed by atoms with Crippen molar-refractivity contribution in [2.75, 3.05) is 19.0 Å². The van der Waals surface area contributed by atoms with Crippen molar-refractivity contribution in [1.29, 1.82) is 0 Å². The van der Waals surface area contributed by atoms with Crippen LogP contribution in [-0.2, 0) is 6.54 Å². The van der Waals surface area contributed by atoms with Crippen LogP contribution in [0.4, 0.5) is 10.5 Å². The molecule has 0 fully saturated rings. The summed E-state index contributed by atoms with van der Waals surface area (Å²) in [5.74, 6) is 0. The van der Waals surface area contributed by atoms with E-state index in [0.29, 0.717) is 17.4 Å². The fourth-order valence-electron chi connectivity index (χ4n) is 2.37. The average molecular weight is 310 g/mol. The Kier molecular flexibility index (Phi) is 3.89. The van der Waals surface area contributed by atoms with E-state index < -0.39 is 6.03 Å². The summed E-state index contributed by atoms with van der Waals surface area (Å²) < 4.78 is 0.999. The van der Waals surface area contributed by atoms with Crippen molar-refractivity contribution < 1.29 is 4.79 Å². The third kappa shape index (κ3) is 2.96. The van der Waals surface area contributed by atoms with Crippen molar-refractivity contribution in [3.8, 4) is 0 Å². The van der Waals surface area contributed by atoms with Crippen LogP contribution in [0.25, 0.3) is 10.9 Å². The molecule has 118 valence electrons. The summed E-state index contributed by atoms with van der Waals surface area (Å²) in [6.07, 6.45) is 0. The van der Waals surface area contributed by atoms with Gasteiger partial charge >= 0.3 is 6.03 Å². The third-order valence-electron chi connectivity index (χ3n) is 3.69. The van der Waals surface area contributed by atoms with E-state index in [4.69, 9.17) is 0 Å². The fourth-order valence-corrected chi connectivity index (χ4v) is 2.37. The molecule has 0 aliphatic carbocycles. The van der Waals surface area contributed by atoms with Gasteiger partial charge in [-0.3, -0.25) is 9.89 Å². The molecule has 0 spiro atoms. The summed E-state index contributed by atoms with van der Waals surface area (Å²) in [5.41, 5.74) is 2.35. The first-order valence-corrected chi connectivity index (χ1v) is 7.30. The van der Waals surface area contributed by atoms with E-state index in [0.717, 1.165) is 15.9 Å². The summed E-state index contributed by atoms with van der Waals surface area (Å²) in [4.78, 5) is 26.4. The lowest BCUT2D eigenvalue weighted by molar-refractivity contribution is 0.238. The number of nitrogens with zero attached hydrogens (tertiary/aromatic N) is 2. The summed E-state index contributed by atoms with van der Waals surface area (Å²) in [7, 11) is 3.94. The molecule has 6 nitrogen and oxygen atoms in total. The van der Waals surface area contributed by atoms with Crippen LogP contribution < -0.4 is 15.8 Å². The molecule has 23 heavy (non-hydrogen) atoms. The first kappa shape index (κ1) is 14.9. The normalized spacial score (nSPS) is 10.7. The van der Waals surface area contributed by atoms with Crippen LogP contribution in [0.2, 0.25) is 0 Å². The molecule has 0 aliphatic heterocycles. The minimum atomic E-state index is -0.470. The van der Waals surface area contributed by atoms with E-state index in [1.807, 2.05) is 49.3 Å². The number of aromatic amines is 1. The summed E-state index contributed by atoms with van der Waals surface area (Å²) in [5, 5.41) is 6.05. The second kappa shape index (κ2) is 6.00. The monoisotopic (exact) mass is 310 g/mol. The lowest BCUT2D eigenvalue weighted by atomic mass is 10.2. The molecule has 0 aliphatic rings. The van der Waals surface area contributed by atoms with E-state index >= 15 is 0 Å². The van der Waals surface area contributed by atoms with Gasteiger partial charge in [0.25, 0.3) is 5.56 Å². The smallest absolute Gasteiger partial charge is 0.343 e. The Hall–Kier alpha value is -3.02. The number of para-hydroxylation sites is 1. The van der Waals surface area contributed by atoms with Crippen LogP contribution >= 0.6 is 0 Å². The number of amides is 1. The number of aromatic nitrogens is 2. The number of nitrogens with one attached hydrogen (secondary N) is 2. The lowest BCUT2D eigenvalue weighted by Crippen LogP contribution is -2.35. The number of hydrogen-bond acceptors (Lipinski definition) is 3. The number of carbonyl (C=O) groups excluding carboxylic acids is 1. The maximum absolute atomic E-state index is 12.2. The fraction of sp³-hybridized carbons (Fsp3) is 0.176. The quantitative estimate of drug-likeness (QED) is 0.779. The Bertz CT molecular complexity index is 891. The highest BCUT2D eigenvalue weighted by atomic mass is 16.2.